The Morgan fingerprint density at radius 3 is 2.68 bits per heavy atom. The lowest BCUT2D eigenvalue weighted by Crippen LogP contribution is -2.32. The van der Waals surface area contributed by atoms with Crippen LogP contribution in [0.15, 0.2) is 12.1 Å². The molecule has 1 aliphatic heterocycles. The van der Waals surface area contributed by atoms with E-state index < -0.39 is 5.91 Å². The monoisotopic (exact) mass is 261 g/mol. The first-order valence-corrected chi connectivity index (χ1v) is 6.77. The van der Waals surface area contributed by atoms with E-state index in [2.05, 4.69) is 15.1 Å². The molecule has 102 valence electrons. The van der Waals surface area contributed by atoms with Crippen LogP contribution in [0.2, 0.25) is 0 Å². The number of carbonyl (C=O) groups excluding carboxylic acids is 1. The fourth-order valence-corrected chi connectivity index (χ4v) is 3.28. The molecule has 3 rings (SSSR count). The molecule has 1 amide bonds. The van der Waals surface area contributed by atoms with E-state index in [0.717, 1.165) is 37.7 Å². The zero-order valence-electron chi connectivity index (χ0n) is 10.8. The molecular formula is C13H19N5O. The molecule has 2 fully saturated rings. The van der Waals surface area contributed by atoms with E-state index in [0.29, 0.717) is 12.0 Å². The standard InChI is InChI=1S/C13H19N5O/c14-10-2-1-8-6-18(7-9(8)5-10)12-4-3-11(13(15)19)16-17-12/h3-4,8-10H,1-2,5-7,14H2,(H2,15,19)/t8-,9+,10?/m1/s1. The molecule has 1 saturated heterocycles. The summed E-state index contributed by atoms with van der Waals surface area (Å²) in [4.78, 5) is 13.2. The highest BCUT2D eigenvalue weighted by molar-refractivity contribution is 5.90. The van der Waals surface area contributed by atoms with E-state index in [1.807, 2.05) is 6.07 Å². The van der Waals surface area contributed by atoms with Gasteiger partial charge in [0, 0.05) is 19.1 Å². The van der Waals surface area contributed by atoms with E-state index in [-0.39, 0.29) is 5.69 Å². The number of hydrogen-bond donors (Lipinski definition) is 2. The van der Waals surface area contributed by atoms with E-state index in [1.165, 1.54) is 6.42 Å². The van der Waals surface area contributed by atoms with Crippen LogP contribution >= 0.6 is 0 Å². The third-order valence-corrected chi connectivity index (χ3v) is 4.32. The van der Waals surface area contributed by atoms with E-state index in [4.69, 9.17) is 11.5 Å². The maximum atomic E-state index is 11.0. The molecule has 2 aliphatic rings. The lowest BCUT2D eigenvalue weighted by Gasteiger charge is -2.27. The van der Waals surface area contributed by atoms with Crippen molar-refractivity contribution in [2.75, 3.05) is 18.0 Å². The predicted octanol–water partition coefficient (Wildman–Crippen LogP) is 0.139. The van der Waals surface area contributed by atoms with Crippen LogP contribution in [-0.4, -0.2) is 35.2 Å². The maximum Gasteiger partial charge on any atom is 0.269 e. The number of rotatable bonds is 2. The number of aromatic nitrogens is 2. The number of fused-ring (bicyclic) bond motifs is 1. The molecule has 3 atom stereocenters. The van der Waals surface area contributed by atoms with Gasteiger partial charge in [-0.25, -0.2) is 0 Å². The number of carbonyl (C=O) groups is 1. The molecule has 4 N–H and O–H groups in total. The van der Waals surface area contributed by atoms with E-state index in [9.17, 15) is 4.79 Å². The smallest absolute Gasteiger partial charge is 0.269 e. The average Bonchev–Trinajstić information content (AvgIpc) is 2.81. The topological polar surface area (TPSA) is 98.1 Å². The van der Waals surface area contributed by atoms with Gasteiger partial charge in [0.25, 0.3) is 5.91 Å². The van der Waals surface area contributed by atoms with Gasteiger partial charge in [0.2, 0.25) is 0 Å². The highest BCUT2D eigenvalue weighted by atomic mass is 16.1. The first-order valence-electron chi connectivity index (χ1n) is 6.77. The second kappa shape index (κ2) is 4.77. The van der Waals surface area contributed by atoms with Crippen LogP contribution in [0.25, 0.3) is 0 Å². The normalized spacial score (nSPS) is 30.2. The summed E-state index contributed by atoms with van der Waals surface area (Å²) in [6, 6.07) is 3.81. The minimum absolute atomic E-state index is 0.211. The largest absolute Gasteiger partial charge is 0.364 e. The Labute approximate surface area is 112 Å². The number of primary amides is 1. The van der Waals surface area contributed by atoms with Crippen molar-refractivity contribution in [3.05, 3.63) is 17.8 Å². The minimum Gasteiger partial charge on any atom is -0.364 e. The molecule has 1 aromatic heterocycles. The van der Waals surface area contributed by atoms with Crippen LogP contribution in [0.3, 0.4) is 0 Å². The number of nitrogens with two attached hydrogens (primary N) is 2. The molecule has 0 radical (unpaired) electrons. The number of amides is 1. The summed E-state index contributed by atoms with van der Waals surface area (Å²) < 4.78 is 0. The molecule has 0 spiro atoms. The fourth-order valence-electron chi connectivity index (χ4n) is 3.28. The molecule has 19 heavy (non-hydrogen) atoms. The lowest BCUT2D eigenvalue weighted by atomic mass is 9.79. The molecule has 0 aromatic carbocycles. The first-order chi connectivity index (χ1) is 9.13. The van der Waals surface area contributed by atoms with Gasteiger partial charge in [-0.15, -0.1) is 10.2 Å². The molecule has 1 saturated carbocycles. The number of hydrogen-bond acceptors (Lipinski definition) is 5. The average molecular weight is 261 g/mol. The Hall–Kier alpha value is -1.69. The summed E-state index contributed by atoms with van der Waals surface area (Å²) in [5.74, 6) is 1.67. The van der Waals surface area contributed by atoms with Crippen molar-refractivity contribution >= 4 is 11.7 Å². The van der Waals surface area contributed by atoms with Crippen LogP contribution < -0.4 is 16.4 Å². The van der Waals surface area contributed by atoms with Crippen molar-refractivity contribution in [3.8, 4) is 0 Å². The molecule has 1 aromatic rings. The highest BCUT2D eigenvalue weighted by Gasteiger charge is 2.37. The Morgan fingerprint density at radius 2 is 2.00 bits per heavy atom. The lowest BCUT2D eigenvalue weighted by molar-refractivity contribution is 0.0994. The summed E-state index contributed by atoms with van der Waals surface area (Å²) in [5, 5.41) is 7.97. The third kappa shape index (κ3) is 2.40. The van der Waals surface area contributed by atoms with Gasteiger partial charge in [0.1, 0.15) is 0 Å². The Kier molecular flexibility index (Phi) is 3.10. The summed E-state index contributed by atoms with van der Waals surface area (Å²) in [5.41, 5.74) is 11.4. The SMILES string of the molecule is NC(=O)c1ccc(N2C[C@H]3CCC(N)C[C@H]3C2)nn1. The van der Waals surface area contributed by atoms with Crippen LogP contribution in [0.1, 0.15) is 29.8 Å². The number of anilines is 1. The van der Waals surface area contributed by atoms with Gasteiger partial charge >= 0.3 is 0 Å². The third-order valence-electron chi connectivity index (χ3n) is 4.32. The zero-order chi connectivity index (χ0) is 13.4. The molecular weight excluding hydrogens is 242 g/mol. The van der Waals surface area contributed by atoms with Gasteiger partial charge in [-0.2, -0.15) is 0 Å². The summed E-state index contributed by atoms with van der Waals surface area (Å²) in [6.45, 7) is 2.00. The van der Waals surface area contributed by atoms with Crippen LogP contribution in [-0.2, 0) is 0 Å². The van der Waals surface area contributed by atoms with E-state index >= 15 is 0 Å². The van der Waals surface area contributed by atoms with Gasteiger partial charge in [-0.1, -0.05) is 0 Å². The van der Waals surface area contributed by atoms with Crippen molar-refractivity contribution < 1.29 is 4.79 Å². The van der Waals surface area contributed by atoms with Gasteiger partial charge in [0.15, 0.2) is 11.5 Å². The summed E-state index contributed by atoms with van der Waals surface area (Å²) in [7, 11) is 0. The second-order valence-electron chi connectivity index (χ2n) is 5.64. The quantitative estimate of drug-likeness (QED) is 0.789. The van der Waals surface area contributed by atoms with Gasteiger partial charge in [-0.3, -0.25) is 4.79 Å². The minimum atomic E-state index is -0.542. The highest BCUT2D eigenvalue weighted by Crippen LogP contribution is 2.36. The van der Waals surface area contributed by atoms with Crippen molar-refractivity contribution in [2.24, 2.45) is 23.3 Å². The Bertz CT molecular complexity index is 474. The van der Waals surface area contributed by atoms with Gasteiger partial charge in [-0.05, 0) is 43.2 Å². The number of nitrogens with zero attached hydrogens (tertiary/aromatic N) is 3. The zero-order valence-corrected chi connectivity index (χ0v) is 10.8. The molecule has 2 heterocycles. The molecule has 6 nitrogen and oxygen atoms in total. The summed E-state index contributed by atoms with van der Waals surface area (Å²) >= 11 is 0. The van der Waals surface area contributed by atoms with Crippen LogP contribution in [0.4, 0.5) is 5.82 Å². The summed E-state index contributed by atoms with van der Waals surface area (Å²) in [6.07, 6.45) is 3.43. The predicted molar refractivity (Wildman–Crippen MR) is 71.6 cm³/mol. The van der Waals surface area contributed by atoms with Crippen LogP contribution in [0, 0.1) is 11.8 Å². The molecule has 0 bridgehead atoms. The maximum absolute atomic E-state index is 11.0. The van der Waals surface area contributed by atoms with Gasteiger partial charge < -0.3 is 16.4 Å². The fraction of sp³-hybridized carbons (Fsp3) is 0.615. The molecule has 6 heteroatoms. The van der Waals surface area contributed by atoms with Crippen molar-refractivity contribution in [1.29, 1.82) is 0 Å². The van der Waals surface area contributed by atoms with Crippen molar-refractivity contribution in [1.82, 2.24) is 10.2 Å². The van der Waals surface area contributed by atoms with Crippen molar-refractivity contribution in [3.63, 3.8) is 0 Å². The Balaban J connectivity index is 1.72. The van der Waals surface area contributed by atoms with Gasteiger partial charge in [0.05, 0.1) is 0 Å². The van der Waals surface area contributed by atoms with E-state index in [1.54, 1.807) is 6.07 Å². The van der Waals surface area contributed by atoms with Crippen LogP contribution in [0.5, 0.6) is 0 Å². The molecule has 1 aliphatic carbocycles. The Morgan fingerprint density at radius 1 is 1.21 bits per heavy atom. The first kappa shape index (κ1) is 12.3. The van der Waals surface area contributed by atoms with Crippen molar-refractivity contribution in [2.45, 2.75) is 25.3 Å². The second-order valence-corrected chi connectivity index (χ2v) is 5.64. The molecule has 1 unspecified atom stereocenters.